The highest BCUT2D eigenvalue weighted by atomic mass is 16.4. The van der Waals surface area contributed by atoms with E-state index in [2.05, 4.69) is 0 Å². The van der Waals surface area contributed by atoms with Crippen LogP contribution >= 0.6 is 0 Å². The first-order valence-electron chi connectivity index (χ1n) is 5.04. The predicted molar refractivity (Wildman–Crippen MR) is 53.9 cm³/mol. The highest BCUT2D eigenvalue weighted by molar-refractivity contribution is 5.86. The van der Waals surface area contributed by atoms with E-state index in [1.807, 2.05) is 13.8 Å². The third kappa shape index (κ3) is 4.37. The first kappa shape index (κ1) is 13.1. The number of aliphatic carboxylic acids is 1. The fourth-order valence-corrected chi connectivity index (χ4v) is 1.42. The second-order valence-electron chi connectivity index (χ2n) is 3.45. The van der Waals surface area contributed by atoms with E-state index in [4.69, 9.17) is 10.8 Å². The van der Waals surface area contributed by atoms with E-state index in [-0.39, 0.29) is 24.5 Å². The highest BCUT2D eigenvalue weighted by Crippen LogP contribution is 2.12. The normalized spacial score (nSPS) is 12.9. The zero-order valence-electron chi connectivity index (χ0n) is 8.82. The number of carboxylic acid groups (broad SMARTS) is 1. The van der Waals surface area contributed by atoms with E-state index >= 15 is 0 Å². The number of carbonyl (C=O) groups is 2. The Morgan fingerprint density at radius 1 is 1.29 bits per heavy atom. The Morgan fingerprint density at radius 3 is 2.14 bits per heavy atom. The van der Waals surface area contributed by atoms with Gasteiger partial charge in [0.25, 0.3) is 0 Å². The Labute approximate surface area is 84.5 Å². The summed E-state index contributed by atoms with van der Waals surface area (Å²) in [6.07, 6.45) is 1.75. The maximum Gasteiger partial charge on any atom is 0.303 e. The van der Waals surface area contributed by atoms with Gasteiger partial charge in [-0.15, -0.1) is 0 Å². The molecule has 0 unspecified atom stereocenters. The Kier molecular flexibility index (Phi) is 6.12. The van der Waals surface area contributed by atoms with Gasteiger partial charge in [-0.05, 0) is 19.3 Å². The van der Waals surface area contributed by atoms with Gasteiger partial charge in [-0.1, -0.05) is 13.8 Å². The molecular weight excluding hydrogens is 182 g/mol. The summed E-state index contributed by atoms with van der Waals surface area (Å²) in [5, 5.41) is 8.43. The molecule has 3 N–H and O–H groups in total. The molecule has 0 amide bonds. The van der Waals surface area contributed by atoms with Crippen LogP contribution in [0.5, 0.6) is 0 Å². The third-order valence-corrected chi connectivity index (χ3v) is 2.42. The monoisotopic (exact) mass is 201 g/mol. The third-order valence-electron chi connectivity index (χ3n) is 2.42. The first-order valence-corrected chi connectivity index (χ1v) is 5.04. The Morgan fingerprint density at radius 2 is 1.79 bits per heavy atom. The van der Waals surface area contributed by atoms with Gasteiger partial charge in [-0.2, -0.15) is 0 Å². The van der Waals surface area contributed by atoms with Crippen molar-refractivity contribution < 1.29 is 14.7 Å². The van der Waals surface area contributed by atoms with Crippen LogP contribution in [0.4, 0.5) is 0 Å². The minimum Gasteiger partial charge on any atom is -0.481 e. The molecule has 0 heterocycles. The summed E-state index contributed by atoms with van der Waals surface area (Å²) in [5.74, 6) is -0.923. The van der Waals surface area contributed by atoms with Gasteiger partial charge in [0.05, 0.1) is 6.04 Å². The van der Waals surface area contributed by atoms with Crippen LogP contribution in [0.2, 0.25) is 0 Å². The fraction of sp³-hybridized carbons (Fsp3) is 0.800. The van der Waals surface area contributed by atoms with Gasteiger partial charge >= 0.3 is 5.97 Å². The van der Waals surface area contributed by atoms with Crippen LogP contribution in [0.3, 0.4) is 0 Å². The van der Waals surface area contributed by atoms with E-state index in [0.717, 1.165) is 12.8 Å². The molecule has 14 heavy (non-hydrogen) atoms. The summed E-state index contributed by atoms with van der Waals surface area (Å²) in [4.78, 5) is 21.9. The summed E-state index contributed by atoms with van der Waals surface area (Å²) in [6.45, 7) is 3.88. The molecule has 82 valence electrons. The van der Waals surface area contributed by atoms with E-state index in [0.29, 0.717) is 0 Å². The summed E-state index contributed by atoms with van der Waals surface area (Å²) in [7, 11) is 0. The van der Waals surface area contributed by atoms with Gasteiger partial charge in [-0.25, -0.2) is 0 Å². The van der Waals surface area contributed by atoms with Gasteiger partial charge in [0, 0.05) is 12.3 Å². The van der Waals surface area contributed by atoms with Crippen molar-refractivity contribution in [3.8, 4) is 0 Å². The number of nitrogens with two attached hydrogens (primary N) is 1. The zero-order valence-corrected chi connectivity index (χ0v) is 8.82. The molecule has 1 atom stereocenters. The van der Waals surface area contributed by atoms with Gasteiger partial charge in [0.1, 0.15) is 0 Å². The van der Waals surface area contributed by atoms with Crippen molar-refractivity contribution in [3.05, 3.63) is 0 Å². The quantitative estimate of drug-likeness (QED) is 0.648. The van der Waals surface area contributed by atoms with Crippen molar-refractivity contribution in [2.24, 2.45) is 11.7 Å². The molecule has 0 saturated heterocycles. The number of hydrogen-bond acceptors (Lipinski definition) is 3. The second kappa shape index (κ2) is 6.54. The summed E-state index contributed by atoms with van der Waals surface area (Å²) >= 11 is 0. The van der Waals surface area contributed by atoms with Gasteiger partial charge in [0.2, 0.25) is 0 Å². The van der Waals surface area contributed by atoms with Crippen LogP contribution in [0.25, 0.3) is 0 Å². The summed E-state index contributed by atoms with van der Waals surface area (Å²) in [6, 6.07) is -0.615. The number of carboxylic acids is 1. The minimum atomic E-state index is -0.905. The van der Waals surface area contributed by atoms with Gasteiger partial charge < -0.3 is 10.8 Å². The van der Waals surface area contributed by atoms with Crippen LogP contribution in [0, 0.1) is 5.92 Å². The predicted octanol–water partition coefficient (Wildman–Crippen LogP) is 1.18. The molecule has 0 aromatic rings. The molecule has 4 nitrogen and oxygen atoms in total. The summed E-state index contributed by atoms with van der Waals surface area (Å²) < 4.78 is 0. The minimum absolute atomic E-state index is 0.00347. The molecule has 0 rings (SSSR count). The van der Waals surface area contributed by atoms with Gasteiger partial charge in [-0.3, -0.25) is 9.59 Å². The molecule has 0 bridgehead atoms. The lowest BCUT2D eigenvalue weighted by Gasteiger charge is -2.16. The lowest BCUT2D eigenvalue weighted by atomic mass is 9.91. The van der Waals surface area contributed by atoms with E-state index < -0.39 is 12.0 Å². The molecule has 4 heteroatoms. The average Bonchev–Trinajstić information content (AvgIpc) is 2.15. The summed E-state index contributed by atoms with van der Waals surface area (Å²) in [5.41, 5.74) is 5.60. The van der Waals surface area contributed by atoms with Gasteiger partial charge in [0.15, 0.2) is 5.78 Å². The van der Waals surface area contributed by atoms with Crippen LogP contribution < -0.4 is 5.73 Å². The Bertz CT molecular complexity index is 200. The molecule has 0 spiro atoms. The van der Waals surface area contributed by atoms with Crippen LogP contribution in [0.1, 0.15) is 39.5 Å². The van der Waals surface area contributed by atoms with Crippen molar-refractivity contribution in [2.75, 3.05) is 0 Å². The van der Waals surface area contributed by atoms with Crippen molar-refractivity contribution in [3.63, 3.8) is 0 Å². The lowest BCUT2D eigenvalue weighted by molar-refractivity contribution is -0.137. The van der Waals surface area contributed by atoms with Crippen molar-refractivity contribution in [1.82, 2.24) is 0 Å². The zero-order chi connectivity index (χ0) is 11.1. The standard InChI is InChI=1S/C10H19NO3/c1-3-7(4-2)10(14)8(11)5-6-9(12)13/h7-8H,3-6,11H2,1-2H3,(H,12,13)/t8-/m0/s1. The molecule has 0 aliphatic carbocycles. The molecule has 0 saturated carbocycles. The molecule has 0 radical (unpaired) electrons. The van der Waals surface area contributed by atoms with E-state index in [9.17, 15) is 9.59 Å². The molecule has 0 aromatic carbocycles. The topological polar surface area (TPSA) is 80.4 Å². The maximum absolute atomic E-state index is 11.6. The molecular formula is C10H19NO3. The average molecular weight is 201 g/mol. The Hall–Kier alpha value is -0.900. The molecule has 0 aliphatic heterocycles. The van der Waals surface area contributed by atoms with E-state index in [1.54, 1.807) is 0 Å². The largest absolute Gasteiger partial charge is 0.481 e. The van der Waals surface area contributed by atoms with Crippen molar-refractivity contribution in [2.45, 2.75) is 45.6 Å². The first-order chi connectivity index (χ1) is 6.52. The molecule has 0 aromatic heterocycles. The molecule has 0 fully saturated rings. The number of Topliss-reactive ketones (excluding diaryl/α,β-unsaturated/α-hetero) is 1. The maximum atomic E-state index is 11.6. The Balaban J connectivity index is 4.03. The van der Waals surface area contributed by atoms with Crippen molar-refractivity contribution >= 4 is 11.8 Å². The number of carbonyl (C=O) groups excluding carboxylic acids is 1. The molecule has 0 aliphatic rings. The van der Waals surface area contributed by atoms with Crippen LogP contribution in [-0.2, 0) is 9.59 Å². The van der Waals surface area contributed by atoms with Crippen molar-refractivity contribution in [1.29, 1.82) is 0 Å². The van der Waals surface area contributed by atoms with Crippen LogP contribution in [0.15, 0.2) is 0 Å². The van der Waals surface area contributed by atoms with Crippen LogP contribution in [-0.4, -0.2) is 22.9 Å². The smallest absolute Gasteiger partial charge is 0.303 e. The SMILES string of the molecule is CCC(CC)C(=O)[C@@H](N)CCC(=O)O. The van der Waals surface area contributed by atoms with E-state index in [1.165, 1.54) is 0 Å². The number of rotatable bonds is 7. The second-order valence-corrected chi connectivity index (χ2v) is 3.45. The number of ketones is 1. The number of hydrogen-bond donors (Lipinski definition) is 2. The lowest BCUT2D eigenvalue weighted by Crippen LogP contribution is -2.35. The fourth-order valence-electron chi connectivity index (χ4n) is 1.42. The highest BCUT2D eigenvalue weighted by Gasteiger charge is 2.21.